The molecule has 0 radical (unpaired) electrons. The van der Waals surface area contributed by atoms with Gasteiger partial charge in [-0.15, -0.1) is 0 Å². The van der Waals surface area contributed by atoms with E-state index in [1.54, 1.807) is 18.5 Å². The highest BCUT2D eigenvalue weighted by Gasteiger charge is 2.20. The van der Waals surface area contributed by atoms with Crippen molar-refractivity contribution in [2.75, 3.05) is 11.4 Å². The minimum atomic E-state index is -0.206. The molecule has 0 fully saturated rings. The van der Waals surface area contributed by atoms with Gasteiger partial charge in [0.2, 0.25) is 5.95 Å². The fourth-order valence-electron chi connectivity index (χ4n) is 3.25. The van der Waals surface area contributed by atoms with Crippen molar-refractivity contribution in [3.63, 3.8) is 0 Å². The predicted molar refractivity (Wildman–Crippen MR) is 103 cm³/mol. The molecule has 0 spiro atoms. The molecule has 4 rings (SSSR count). The van der Waals surface area contributed by atoms with Gasteiger partial charge in [-0.05, 0) is 42.2 Å². The number of nitrogens with zero attached hydrogens (tertiary/aromatic N) is 4. The Hall–Kier alpha value is -3.28. The van der Waals surface area contributed by atoms with Crippen LogP contribution in [-0.2, 0) is 19.5 Å². The number of benzene rings is 1. The van der Waals surface area contributed by atoms with Gasteiger partial charge in [-0.1, -0.05) is 30.3 Å². The van der Waals surface area contributed by atoms with Crippen LogP contribution in [0.1, 0.15) is 32.9 Å². The fraction of sp³-hybridized carbons (Fsp3) is 0.238. The number of rotatable bonds is 4. The van der Waals surface area contributed by atoms with E-state index in [4.69, 9.17) is 0 Å². The van der Waals surface area contributed by atoms with Crippen molar-refractivity contribution in [3.8, 4) is 0 Å². The molecule has 1 aliphatic rings. The minimum Gasteiger partial charge on any atom is -0.347 e. The Morgan fingerprint density at radius 3 is 2.81 bits per heavy atom. The van der Waals surface area contributed by atoms with E-state index >= 15 is 0 Å². The number of aromatic nitrogens is 3. The molecular formula is C21H21N5O. The molecule has 3 aromatic rings. The molecule has 0 unspecified atom stereocenters. The summed E-state index contributed by atoms with van der Waals surface area (Å²) in [5.41, 5.74) is 4.78. The van der Waals surface area contributed by atoms with Crippen molar-refractivity contribution in [1.29, 1.82) is 0 Å². The average molecular weight is 359 g/mol. The summed E-state index contributed by atoms with van der Waals surface area (Å²) in [7, 11) is 0. The number of carbonyl (C=O) groups is 1. The third-order valence-electron chi connectivity index (χ3n) is 4.66. The molecule has 0 aliphatic carbocycles. The maximum atomic E-state index is 12.6. The van der Waals surface area contributed by atoms with Crippen molar-refractivity contribution in [1.82, 2.24) is 20.3 Å². The number of nitrogens with one attached hydrogen (secondary N) is 1. The Morgan fingerprint density at radius 1 is 1.15 bits per heavy atom. The van der Waals surface area contributed by atoms with Crippen molar-refractivity contribution < 1.29 is 4.79 Å². The highest BCUT2D eigenvalue weighted by molar-refractivity contribution is 5.92. The zero-order chi connectivity index (χ0) is 18.6. The van der Waals surface area contributed by atoms with E-state index in [1.165, 1.54) is 11.1 Å². The molecule has 136 valence electrons. The van der Waals surface area contributed by atoms with E-state index < -0.39 is 0 Å². The summed E-state index contributed by atoms with van der Waals surface area (Å²) < 4.78 is 0. The van der Waals surface area contributed by atoms with Gasteiger partial charge < -0.3 is 10.2 Å². The molecule has 0 bridgehead atoms. The van der Waals surface area contributed by atoms with Crippen LogP contribution in [-0.4, -0.2) is 27.4 Å². The lowest BCUT2D eigenvalue weighted by Gasteiger charge is -2.29. The van der Waals surface area contributed by atoms with Crippen LogP contribution in [0.3, 0.4) is 0 Å². The largest absolute Gasteiger partial charge is 0.347 e. The van der Waals surface area contributed by atoms with Gasteiger partial charge in [0, 0.05) is 37.7 Å². The third kappa shape index (κ3) is 3.95. The van der Waals surface area contributed by atoms with E-state index in [1.807, 2.05) is 19.1 Å². The molecule has 1 aliphatic heterocycles. The second-order valence-corrected chi connectivity index (χ2v) is 6.68. The number of aryl methyl sites for hydroxylation is 1. The molecule has 27 heavy (non-hydrogen) atoms. The number of carbonyl (C=O) groups excluding carboxylic acids is 1. The topological polar surface area (TPSA) is 71.0 Å². The number of hydrogen-bond donors (Lipinski definition) is 1. The van der Waals surface area contributed by atoms with Gasteiger partial charge in [0.1, 0.15) is 5.69 Å². The van der Waals surface area contributed by atoms with Crippen molar-refractivity contribution >= 4 is 11.9 Å². The molecule has 3 heterocycles. The van der Waals surface area contributed by atoms with Crippen molar-refractivity contribution in [3.05, 3.63) is 82.9 Å². The van der Waals surface area contributed by atoms with E-state index in [0.717, 1.165) is 30.8 Å². The second-order valence-electron chi connectivity index (χ2n) is 6.68. The van der Waals surface area contributed by atoms with Crippen LogP contribution in [0.25, 0.3) is 0 Å². The van der Waals surface area contributed by atoms with Gasteiger partial charge in [-0.2, -0.15) is 0 Å². The summed E-state index contributed by atoms with van der Waals surface area (Å²) in [5, 5.41) is 2.90. The summed E-state index contributed by atoms with van der Waals surface area (Å²) in [4.78, 5) is 27.8. The third-order valence-corrected chi connectivity index (χ3v) is 4.66. The maximum Gasteiger partial charge on any atom is 0.270 e. The Bertz CT molecular complexity index is 958. The molecule has 0 atom stereocenters. The lowest BCUT2D eigenvalue weighted by molar-refractivity contribution is 0.0945. The molecule has 1 aromatic carbocycles. The SMILES string of the molecule is Cc1cc(C(=O)NCc2cccnc2)nc(N2CCc3ccccc3C2)n1. The Morgan fingerprint density at radius 2 is 2.00 bits per heavy atom. The van der Waals surface area contributed by atoms with Crippen LogP contribution in [0.4, 0.5) is 5.95 Å². The molecule has 2 aromatic heterocycles. The summed E-state index contributed by atoms with van der Waals surface area (Å²) in [6.07, 6.45) is 4.40. The zero-order valence-corrected chi connectivity index (χ0v) is 15.2. The first-order chi connectivity index (χ1) is 13.2. The Labute approximate surface area is 158 Å². The zero-order valence-electron chi connectivity index (χ0n) is 15.2. The lowest BCUT2D eigenvalue weighted by atomic mass is 10.0. The first kappa shape index (κ1) is 17.1. The van der Waals surface area contributed by atoms with E-state index in [0.29, 0.717) is 18.2 Å². The molecule has 6 heteroatoms. The summed E-state index contributed by atoms with van der Waals surface area (Å²) in [6, 6.07) is 13.9. The molecular weight excluding hydrogens is 338 g/mol. The monoisotopic (exact) mass is 359 g/mol. The molecule has 0 saturated carbocycles. The van der Waals surface area contributed by atoms with Crippen molar-refractivity contribution in [2.24, 2.45) is 0 Å². The van der Waals surface area contributed by atoms with Crippen LogP contribution < -0.4 is 10.2 Å². The van der Waals surface area contributed by atoms with Crippen molar-refractivity contribution in [2.45, 2.75) is 26.4 Å². The van der Waals surface area contributed by atoms with Gasteiger partial charge in [0.15, 0.2) is 0 Å². The van der Waals surface area contributed by atoms with Gasteiger partial charge in [0.25, 0.3) is 5.91 Å². The standard InChI is InChI=1S/C21H21N5O/c1-15-11-19(20(27)23-13-16-5-4-9-22-12-16)25-21(24-15)26-10-8-17-6-2-3-7-18(17)14-26/h2-7,9,11-12H,8,10,13-14H2,1H3,(H,23,27). The van der Waals surface area contributed by atoms with Crippen LogP contribution >= 0.6 is 0 Å². The highest BCUT2D eigenvalue weighted by atomic mass is 16.1. The lowest BCUT2D eigenvalue weighted by Crippen LogP contribution is -2.33. The summed E-state index contributed by atoms with van der Waals surface area (Å²) in [5.74, 6) is 0.402. The van der Waals surface area contributed by atoms with Gasteiger partial charge in [-0.25, -0.2) is 9.97 Å². The highest BCUT2D eigenvalue weighted by Crippen LogP contribution is 2.22. The van der Waals surface area contributed by atoms with Crippen LogP contribution in [0.2, 0.25) is 0 Å². The number of hydrogen-bond acceptors (Lipinski definition) is 5. The fourth-order valence-corrected chi connectivity index (χ4v) is 3.25. The van der Waals surface area contributed by atoms with E-state index in [9.17, 15) is 4.79 Å². The van der Waals surface area contributed by atoms with Gasteiger partial charge in [-0.3, -0.25) is 9.78 Å². The van der Waals surface area contributed by atoms with Crippen LogP contribution in [0, 0.1) is 6.92 Å². The first-order valence-electron chi connectivity index (χ1n) is 9.03. The maximum absolute atomic E-state index is 12.6. The van der Waals surface area contributed by atoms with Gasteiger partial charge in [0.05, 0.1) is 0 Å². The second kappa shape index (κ2) is 7.53. The summed E-state index contributed by atoms with van der Waals surface area (Å²) >= 11 is 0. The summed E-state index contributed by atoms with van der Waals surface area (Å²) in [6.45, 7) is 3.91. The van der Waals surface area contributed by atoms with Crippen LogP contribution in [0.15, 0.2) is 54.9 Å². The average Bonchev–Trinajstić information content (AvgIpc) is 2.72. The smallest absolute Gasteiger partial charge is 0.270 e. The number of anilines is 1. The number of fused-ring (bicyclic) bond motifs is 1. The number of pyridine rings is 1. The Balaban J connectivity index is 1.51. The predicted octanol–water partition coefficient (Wildman–Crippen LogP) is 2.67. The quantitative estimate of drug-likeness (QED) is 0.775. The normalized spacial score (nSPS) is 13.1. The first-order valence-corrected chi connectivity index (χ1v) is 9.03. The van der Waals surface area contributed by atoms with Crippen LogP contribution in [0.5, 0.6) is 0 Å². The number of amides is 1. The molecule has 1 N–H and O–H groups in total. The van der Waals surface area contributed by atoms with Gasteiger partial charge >= 0.3 is 0 Å². The molecule has 1 amide bonds. The molecule has 0 saturated heterocycles. The van der Waals surface area contributed by atoms with E-state index in [-0.39, 0.29) is 5.91 Å². The van der Waals surface area contributed by atoms with E-state index in [2.05, 4.69) is 49.4 Å². The minimum absolute atomic E-state index is 0.206. The molecule has 6 nitrogen and oxygen atoms in total. The Kier molecular flexibility index (Phi) is 4.78.